The van der Waals surface area contributed by atoms with Gasteiger partial charge in [0.05, 0.1) is 18.8 Å². The molecule has 0 bridgehead atoms. The van der Waals surface area contributed by atoms with Crippen LogP contribution in [0.4, 0.5) is 0 Å². The van der Waals surface area contributed by atoms with Crippen LogP contribution in [0.5, 0.6) is 0 Å². The van der Waals surface area contributed by atoms with Gasteiger partial charge in [-0.15, -0.1) is 0 Å². The zero-order valence-electron chi connectivity index (χ0n) is 8.94. The van der Waals surface area contributed by atoms with Crippen LogP contribution in [-0.4, -0.2) is 60.5 Å². The molecule has 14 heavy (non-hydrogen) atoms. The molecular formula is C10H20N2O2. The fourth-order valence-corrected chi connectivity index (χ4v) is 2.41. The highest BCUT2D eigenvalue weighted by Crippen LogP contribution is 2.19. The zero-order chi connectivity index (χ0) is 10.1. The summed E-state index contributed by atoms with van der Waals surface area (Å²) in [6.07, 6.45) is 0.0549. The van der Waals surface area contributed by atoms with E-state index >= 15 is 0 Å². The maximum Gasteiger partial charge on any atom is 0.0831 e. The number of morpholine rings is 1. The van der Waals surface area contributed by atoms with Gasteiger partial charge in [0.2, 0.25) is 0 Å². The molecule has 0 spiro atoms. The van der Waals surface area contributed by atoms with E-state index in [1.54, 1.807) is 0 Å². The smallest absolute Gasteiger partial charge is 0.0831 e. The van der Waals surface area contributed by atoms with Gasteiger partial charge in [0, 0.05) is 31.7 Å². The molecule has 4 atom stereocenters. The van der Waals surface area contributed by atoms with Crippen LogP contribution >= 0.6 is 0 Å². The third-order valence-electron chi connectivity index (χ3n) is 3.51. The van der Waals surface area contributed by atoms with Crippen molar-refractivity contribution in [1.29, 1.82) is 0 Å². The lowest BCUT2D eigenvalue weighted by atomic mass is 10.1. The van der Waals surface area contributed by atoms with Gasteiger partial charge < -0.3 is 15.2 Å². The number of β-amino-alcohol motifs (C(OH)–C–C–N with tert-alkyl or cyclic N) is 1. The van der Waals surface area contributed by atoms with Crippen LogP contribution in [0.1, 0.15) is 13.8 Å². The van der Waals surface area contributed by atoms with E-state index in [4.69, 9.17) is 4.74 Å². The molecule has 0 saturated carbocycles. The second kappa shape index (κ2) is 4.14. The monoisotopic (exact) mass is 200 g/mol. The minimum absolute atomic E-state index is 0.220. The van der Waals surface area contributed by atoms with E-state index in [0.29, 0.717) is 6.04 Å². The van der Waals surface area contributed by atoms with Crippen molar-refractivity contribution in [2.75, 3.05) is 26.2 Å². The first-order valence-corrected chi connectivity index (χ1v) is 5.46. The third kappa shape index (κ3) is 1.80. The Morgan fingerprint density at radius 3 is 2.79 bits per heavy atom. The largest absolute Gasteiger partial charge is 0.390 e. The van der Waals surface area contributed by atoms with Crippen LogP contribution in [0.15, 0.2) is 0 Å². The van der Waals surface area contributed by atoms with Gasteiger partial charge in [-0.25, -0.2) is 0 Å². The summed E-state index contributed by atoms with van der Waals surface area (Å²) in [7, 11) is 0. The van der Waals surface area contributed by atoms with Crippen molar-refractivity contribution in [3.8, 4) is 0 Å². The quantitative estimate of drug-likeness (QED) is 0.595. The minimum Gasteiger partial charge on any atom is -0.390 e. The predicted molar refractivity (Wildman–Crippen MR) is 54.2 cm³/mol. The molecule has 4 unspecified atom stereocenters. The molecule has 2 aliphatic rings. The van der Waals surface area contributed by atoms with Crippen LogP contribution in [0.25, 0.3) is 0 Å². The van der Waals surface area contributed by atoms with Crippen molar-refractivity contribution in [3.05, 3.63) is 0 Å². The van der Waals surface area contributed by atoms with Gasteiger partial charge in [0.25, 0.3) is 0 Å². The summed E-state index contributed by atoms with van der Waals surface area (Å²) < 4.78 is 5.57. The van der Waals surface area contributed by atoms with Crippen LogP contribution in [0.3, 0.4) is 0 Å². The fourth-order valence-electron chi connectivity index (χ4n) is 2.41. The van der Waals surface area contributed by atoms with Crippen molar-refractivity contribution in [2.45, 2.75) is 38.1 Å². The van der Waals surface area contributed by atoms with Crippen LogP contribution in [-0.2, 0) is 4.74 Å². The van der Waals surface area contributed by atoms with Crippen LogP contribution in [0.2, 0.25) is 0 Å². The molecular weight excluding hydrogens is 180 g/mol. The van der Waals surface area contributed by atoms with Gasteiger partial charge in [-0.05, 0) is 13.8 Å². The highest BCUT2D eigenvalue weighted by atomic mass is 16.5. The molecule has 0 radical (unpaired) electrons. The molecule has 2 heterocycles. The number of rotatable bonds is 1. The fraction of sp³-hybridized carbons (Fsp3) is 1.00. The van der Waals surface area contributed by atoms with Gasteiger partial charge in [-0.2, -0.15) is 0 Å². The van der Waals surface area contributed by atoms with E-state index in [1.807, 2.05) is 0 Å². The molecule has 2 N–H and O–H groups in total. The van der Waals surface area contributed by atoms with E-state index in [2.05, 4.69) is 24.1 Å². The van der Waals surface area contributed by atoms with Gasteiger partial charge in [0.15, 0.2) is 0 Å². The second-order valence-corrected chi connectivity index (χ2v) is 4.35. The lowest BCUT2D eigenvalue weighted by Crippen LogP contribution is -2.56. The molecule has 0 aromatic carbocycles. The van der Waals surface area contributed by atoms with Crippen LogP contribution < -0.4 is 5.32 Å². The summed E-state index contributed by atoms with van der Waals surface area (Å²) in [5.74, 6) is 0. The molecule has 2 fully saturated rings. The standard InChI is InChI=1S/C10H20N2O2/c1-7-8(2)14-4-3-12(7)9-5-11-6-10(9)13/h7-11,13H,3-6H2,1-2H3. The van der Waals surface area contributed by atoms with Crippen molar-refractivity contribution in [3.63, 3.8) is 0 Å². The summed E-state index contributed by atoms with van der Waals surface area (Å²) in [6, 6.07) is 0.680. The molecule has 82 valence electrons. The molecule has 2 aliphatic heterocycles. The van der Waals surface area contributed by atoms with Gasteiger partial charge >= 0.3 is 0 Å². The Morgan fingerprint density at radius 2 is 2.14 bits per heavy atom. The highest BCUT2D eigenvalue weighted by Gasteiger charge is 2.36. The third-order valence-corrected chi connectivity index (χ3v) is 3.51. The first kappa shape index (κ1) is 10.4. The first-order valence-electron chi connectivity index (χ1n) is 5.46. The predicted octanol–water partition coefficient (Wildman–Crippen LogP) is -0.572. The SMILES string of the molecule is CC1OCCN(C2CNCC2O)C1C. The van der Waals surface area contributed by atoms with Gasteiger partial charge in [-0.3, -0.25) is 4.90 Å². The molecule has 4 nitrogen and oxygen atoms in total. The highest BCUT2D eigenvalue weighted by molar-refractivity contribution is 4.93. The normalized spacial score (nSPS) is 45.6. The zero-order valence-corrected chi connectivity index (χ0v) is 8.94. The molecule has 2 saturated heterocycles. The second-order valence-electron chi connectivity index (χ2n) is 4.35. The lowest BCUT2D eigenvalue weighted by molar-refractivity contribution is -0.0826. The maximum absolute atomic E-state index is 9.80. The maximum atomic E-state index is 9.80. The van der Waals surface area contributed by atoms with Crippen molar-refractivity contribution in [2.24, 2.45) is 0 Å². The Balaban J connectivity index is 2.01. The Labute approximate surface area is 85.2 Å². The van der Waals surface area contributed by atoms with Gasteiger partial charge in [-0.1, -0.05) is 0 Å². The van der Waals surface area contributed by atoms with Crippen molar-refractivity contribution < 1.29 is 9.84 Å². The molecule has 0 aromatic rings. The number of hydrogen-bond acceptors (Lipinski definition) is 4. The summed E-state index contributed by atoms with van der Waals surface area (Å²) >= 11 is 0. The Hall–Kier alpha value is -0.160. The Kier molecular flexibility index (Phi) is 3.07. The molecule has 2 rings (SSSR count). The van der Waals surface area contributed by atoms with E-state index in [1.165, 1.54) is 0 Å². The molecule has 4 heteroatoms. The average Bonchev–Trinajstić information content (AvgIpc) is 2.57. The molecule has 0 amide bonds. The molecule has 0 aromatic heterocycles. The summed E-state index contributed by atoms with van der Waals surface area (Å²) in [4.78, 5) is 2.37. The summed E-state index contributed by atoms with van der Waals surface area (Å²) in [5, 5.41) is 13.0. The number of ether oxygens (including phenoxy) is 1. The van der Waals surface area contributed by atoms with E-state index in [-0.39, 0.29) is 18.2 Å². The van der Waals surface area contributed by atoms with Crippen LogP contribution in [0, 0.1) is 0 Å². The van der Waals surface area contributed by atoms with Crippen molar-refractivity contribution >= 4 is 0 Å². The number of aliphatic hydroxyl groups excluding tert-OH is 1. The minimum atomic E-state index is -0.220. The number of aliphatic hydroxyl groups is 1. The summed E-state index contributed by atoms with van der Waals surface area (Å²) in [6.45, 7) is 7.63. The first-order chi connectivity index (χ1) is 6.70. The lowest BCUT2D eigenvalue weighted by Gasteiger charge is -2.42. The topological polar surface area (TPSA) is 44.7 Å². The average molecular weight is 200 g/mol. The number of nitrogens with zero attached hydrogens (tertiary/aromatic N) is 1. The Morgan fingerprint density at radius 1 is 1.36 bits per heavy atom. The van der Waals surface area contributed by atoms with E-state index in [9.17, 15) is 5.11 Å². The van der Waals surface area contributed by atoms with E-state index < -0.39 is 0 Å². The molecule has 0 aliphatic carbocycles. The van der Waals surface area contributed by atoms with Crippen molar-refractivity contribution in [1.82, 2.24) is 10.2 Å². The van der Waals surface area contributed by atoms with E-state index in [0.717, 1.165) is 26.2 Å². The van der Waals surface area contributed by atoms with Gasteiger partial charge in [0.1, 0.15) is 0 Å². The summed E-state index contributed by atoms with van der Waals surface area (Å²) in [5.41, 5.74) is 0. The number of nitrogens with one attached hydrogen (secondary N) is 1. The number of hydrogen-bond donors (Lipinski definition) is 2. The Bertz CT molecular complexity index is 201.